The first-order valence-corrected chi connectivity index (χ1v) is 11.6. The summed E-state index contributed by atoms with van der Waals surface area (Å²) in [7, 11) is 0. The Hall–Kier alpha value is -2.31. The van der Waals surface area contributed by atoms with Crippen LogP contribution in [0.1, 0.15) is 78.5 Å². The summed E-state index contributed by atoms with van der Waals surface area (Å²) in [5, 5.41) is 11.1. The van der Waals surface area contributed by atoms with Crippen molar-refractivity contribution in [2.75, 3.05) is 0 Å². The monoisotopic (exact) mass is 439 g/mol. The fourth-order valence-electron chi connectivity index (χ4n) is 4.82. The molecule has 0 amide bonds. The van der Waals surface area contributed by atoms with Gasteiger partial charge in [-0.15, -0.1) is 11.3 Å². The summed E-state index contributed by atoms with van der Waals surface area (Å²) in [5.74, 6) is -0.761. The van der Waals surface area contributed by atoms with Crippen LogP contribution in [0.2, 0.25) is 0 Å². The highest BCUT2D eigenvalue weighted by Gasteiger charge is 2.37. The quantitative estimate of drug-likeness (QED) is 0.531. The summed E-state index contributed by atoms with van der Waals surface area (Å²) in [5.41, 5.74) is 2.49. The van der Waals surface area contributed by atoms with E-state index in [-0.39, 0.29) is 28.2 Å². The topological polar surface area (TPSA) is 59.3 Å². The highest BCUT2D eigenvalue weighted by Crippen LogP contribution is 2.49. The van der Waals surface area contributed by atoms with E-state index in [1.165, 1.54) is 24.3 Å². The number of aromatic nitrogens is 1. The second-order valence-corrected chi connectivity index (χ2v) is 10.8. The van der Waals surface area contributed by atoms with E-state index in [9.17, 15) is 14.7 Å². The van der Waals surface area contributed by atoms with Gasteiger partial charge in [0.1, 0.15) is 5.82 Å². The van der Waals surface area contributed by atoms with Crippen molar-refractivity contribution < 1.29 is 14.3 Å². The molecule has 2 aromatic heterocycles. The Labute approximate surface area is 184 Å². The van der Waals surface area contributed by atoms with Gasteiger partial charge in [-0.2, -0.15) is 0 Å². The molecule has 1 unspecified atom stereocenters. The van der Waals surface area contributed by atoms with Gasteiger partial charge in [0.25, 0.3) is 0 Å². The first-order chi connectivity index (χ1) is 14.6. The minimum absolute atomic E-state index is 0.114. The van der Waals surface area contributed by atoms with E-state index >= 15 is 4.39 Å². The molecule has 3 aromatic rings. The first-order valence-electron chi connectivity index (χ1n) is 10.8. The van der Waals surface area contributed by atoms with E-state index in [1.54, 1.807) is 6.20 Å². The highest BCUT2D eigenvalue weighted by atomic mass is 32.1. The smallest absolute Gasteiger partial charge is 0.200 e. The Bertz CT molecular complexity index is 1310. The van der Waals surface area contributed by atoms with E-state index in [0.717, 1.165) is 41.0 Å². The van der Waals surface area contributed by atoms with Crippen molar-refractivity contribution in [2.24, 2.45) is 5.41 Å². The standard InChI is InChI=1S/C25H26FNO3S/c1-12-20(19-9-14-7-8-25(3,4)24(30)23(14)31-19)18(26)10-16-21(12)27(15-5-6-15)11-17(13(2)28)22(16)29/h9-11,15,24,30H,5-8H2,1-4H3. The first kappa shape index (κ1) is 20.6. The van der Waals surface area contributed by atoms with Crippen LogP contribution in [0.3, 0.4) is 0 Å². The molecule has 2 heterocycles. The number of nitrogens with zero attached hydrogens (tertiary/aromatic N) is 1. The molecule has 4 nitrogen and oxygen atoms in total. The van der Waals surface area contributed by atoms with Crippen molar-refractivity contribution in [3.63, 3.8) is 0 Å². The molecule has 5 rings (SSSR count). The minimum atomic E-state index is -0.568. The van der Waals surface area contributed by atoms with Crippen LogP contribution >= 0.6 is 11.3 Å². The molecule has 162 valence electrons. The lowest BCUT2D eigenvalue weighted by atomic mass is 9.75. The van der Waals surface area contributed by atoms with Crippen molar-refractivity contribution in [1.29, 1.82) is 0 Å². The van der Waals surface area contributed by atoms with E-state index in [1.807, 2.05) is 17.6 Å². The zero-order chi connectivity index (χ0) is 22.2. The van der Waals surface area contributed by atoms with Crippen molar-refractivity contribution in [3.8, 4) is 10.4 Å². The molecule has 1 saturated carbocycles. The molecule has 2 aliphatic rings. The number of Topliss-reactive ketones (excluding diaryl/α,β-unsaturated/α-hetero) is 1. The van der Waals surface area contributed by atoms with Gasteiger partial charge in [0.2, 0.25) is 0 Å². The molecule has 0 spiro atoms. The van der Waals surface area contributed by atoms with Gasteiger partial charge in [-0.25, -0.2) is 4.39 Å². The summed E-state index contributed by atoms with van der Waals surface area (Å²) in [4.78, 5) is 26.7. The molecule has 0 aliphatic heterocycles. The van der Waals surface area contributed by atoms with Crippen LogP contribution in [-0.2, 0) is 6.42 Å². The number of hydrogen-bond acceptors (Lipinski definition) is 4. The van der Waals surface area contributed by atoms with Crippen LogP contribution < -0.4 is 5.43 Å². The molecular formula is C25H26FNO3S. The zero-order valence-corrected chi connectivity index (χ0v) is 19.0. The second kappa shape index (κ2) is 6.84. The maximum Gasteiger partial charge on any atom is 0.200 e. The third kappa shape index (κ3) is 3.11. The molecule has 6 heteroatoms. The van der Waals surface area contributed by atoms with Gasteiger partial charge in [-0.1, -0.05) is 13.8 Å². The molecule has 1 fully saturated rings. The number of ketones is 1. The lowest BCUT2D eigenvalue weighted by Gasteiger charge is -2.34. The maximum absolute atomic E-state index is 15.5. The average molecular weight is 440 g/mol. The molecule has 1 aromatic carbocycles. The zero-order valence-electron chi connectivity index (χ0n) is 18.2. The number of carbonyl (C=O) groups is 1. The molecule has 31 heavy (non-hydrogen) atoms. The number of thiophene rings is 1. The Balaban J connectivity index is 1.77. The fraction of sp³-hybridized carbons (Fsp3) is 0.440. The lowest BCUT2D eigenvalue weighted by molar-refractivity contribution is 0.0373. The van der Waals surface area contributed by atoms with Crippen LogP contribution in [0.4, 0.5) is 4.39 Å². The van der Waals surface area contributed by atoms with Gasteiger partial charge >= 0.3 is 0 Å². The second-order valence-electron chi connectivity index (χ2n) is 9.71. The predicted octanol–water partition coefficient (Wildman–Crippen LogP) is 5.72. The molecule has 1 atom stereocenters. The van der Waals surface area contributed by atoms with Gasteiger partial charge < -0.3 is 9.67 Å². The predicted molar refractivity (Wildman–Crippen MR) is 122 cm³/mol. The highest BCUT2D eigenvalue weighted by molar-refractivity contribution is 7.15. The Morgan fingerprint density at radius 2 is 2.00 bits per heavy atom. The SMILES string of the molecule is CC(=O)c1cn(C2CC2)c2c(C)c(-c3cc4c(s3)C(O)C(C)(C)CC4)c(F)cc2c1=O. The van der Waals surface area contributed by atoms with Gasteiger partial charge in [-0.05, 0) is 68.2 Å². The number of aliphatic hydroxyl groups excluding tert-OH is 1. The number of pyridine rings is 1. The van der Waals surface area contributed by atoms with Gasteiger partial charge in [-0.3, -0.25) is 9.59 Å². The van der Waals surface area contributed by atoms with Crippen molar-refractivity contribution >= 4 is 28.0 Å². The minimum Gasteiger partial charge on any atom is -0.387 e. The van der Waals surface area contributed by atoms with Crippen molar-refractivity contribution in [3.05, 3.63) is 55.9 Å². The molecule has 2 aliphatic carbocycles. The van der Waals surface area contributed by atoms with Crippen LogP contribution in [-0.4, -0.2) is 15.5 Å². The van der Waals surface area contributed by atoms with E-state index in [0.29, 0.717) is 16.6 Å². The lowest BCUT2D eigenvalue weighted by Crippen LogP contribution is -2.26. The number of aryl methyl sites for hydroxylation is 2. The normalized spacial score (nSPS) is 20.1. The van der Waals surface area contributed by atoms with Gasteiger partial charge in [0.15, 0.2) is 11.2 Å². The number of carbonyl (C=O) groups excluding carboxylic acids is 1. The number of halogens is 1. The molecular weight excluding hydrogens is 413 g/mol. The number of aliphatic hydroxyl groups is 1. The number of benzene rings is 1. The van der Waals surface area contributed by atoms with E-state index in [4.69, 9.17) is 0 Å². The van der Waals surface area contributed by atoms with Gasteiger partial charge in [0.05, 0.1) is 17.2 Å². The summed E-state index contributed by atoms with van der Waals surface area (Å²) in [6.07, 6.45) is 4.79. The largest absolute Gasteiger partial charge is 0.387 e. The average Bonchev–Trinajstić information content (AvgIpc) is 3.45. The number of fused-ring (bicyclic) bond motifs is 2. The number of hydrogen-bond donors (Lipinski definition) is 1. The fourth-order valence-corrected chi connectivity index (χ4v) is 6.33. The Kier molecular flexibility index (Phi) is 4.54. The van der Waals surface area contributed by atoms with Crippen molar-refractivity contribution in [1.82, 2.24) is 4.57 Å². The van der Waals surface area contributed by atoms with Crippen LogP contribution in [0.25, 0.3) is 21.3 Å². The van der Waals surface area contributed by atoms with Crippen LogP contribution in [0.5, 0.6) is 0 Å². The molecule has 0 radical (unpaired) electrons. The number of rotatable bonds is 3. The Morgan fingerprint density at radius 1 is 1.29 bits per heavy atom. The third-order valence-electron chi connectivity index (χ3n) is 6.95. The summed E-state index contributed by atoms with van der Waals surface area (Å²) >= 11 is 1.45. The van der Waals surface area contributed by atoms with Crippen molar-refractivity contribution in [2.45, 2.75) is 65.5 Å². The molecule has 0 bridgehead atoms. The summed E-state index contributed by atoms with van der Waals surface area (Å²) in [6, 6.07) is 3.53. The van der Waals surface area contributed by atoms with Gasteiger partial charge in [0, 0.05) is 32.9 Å². The Morgan fingerprint density at radius 3 is 2.65 bits per heavy atom. The van der Waals surface area contributed by atoms with E-state index < -0.39 is 17.3 Å². The molecule has 1 N–H and O–H groups in total. The maximum atomic E-state index is 15.5. The van der Waals surface area contributed by atoms with E-state index in [2.05, 4.69) is 13.8 Å². The summed E-state index contributed by atoms with van der Waals surface area (Å²) < 4.78 is 17.4. The third-order valence-corrected chi connectivity index (χ3v) is 8.19. The summed E-state index contributed by atoms with van der Waals surface area (Å²) in [6.45, 7) is 7.34. The van der Waals surface area contributed by atoms with Crippen LogP contribution in [0.15, 0.2) is 23.1 Å². The molecule has 0 saturated heterocycles. The van der Waals surface area contributed by atoms with Crippen LogP contribution in [0, 0.1) is 18.2 Å².